The Morgan fingerprint density at radius 1 is 1.28 bits per heavy atom. The minimum absolute atomic E-state index is 0.109. The maximum Gasteiger partial charge on any atom is 0.388 e. The molecule has 0 radical (unpaired) electrons. The van der Waals surface area contributed by atoms with Gasteiger partial charge in [0.2, 0.25) is 5.88 Å². The van der Waals surface area contributed by atoms with Crippen LogP contribution in [-0.4, -0.2) is 40.0 Å². The third-order valence-corrected chi connectivity index (χ3v) is 4.60. The van der Waals surface area contributed by atoms with Gasteiger partial charge in [0, 0.05) is 23.5 Å². The molecule has 0 saturated carbocycles. The molecule has 29 heavy (non-hydrogen) atoms. The Labute approximate surface area is 167 Å². The number of rotatable bonds is 7. The quantitative estimate of drug-likeness (QED) is 0.395. The number of thioether (sulfide) groups is 1. The number of carbonyl (C=O) groups is 1. The Kier molecular flexibility index (Phi) is 7.76. The number of aromatic nitrogens is 2. The van der Waals surface area contributed by atoms with Gasteiger partial charge in [-0.1, -0.05) is 11.8 Å². The first-order valence-corrected chi connectivity index (χ1v) is 8.99. The van der Waals surface area contributed by atoms with Gasteiger partial charge in [-0.05, 0) is 25.1 Å². The van der Waals surface area contributed by atoms with Gasteiger partial charge in [0.05, 0.1) is 12.4 Å². The van der Waals surface area contributed by atoms with Crippen LogP contribution >= 0.6 is 11.8 Å². The molecule has 3 N–H and O–H groups in total. The summed E-state index contributed by atoms with van der Waals surface area (Å²) in [5.74, 6) is -2.00. The van der Waals surface area contributed by atoms with E-state index in [0.717, 1.165) is 36.3 Å². The third kappa shape index (κ3) is 6.31. The molecule has 0 unspecified atom stereocenters. The number of nitrogens with zero attached hydrogens (tertiary/aromatic N) is 3. The summed E-state index contributed by atoms with van der Waals surface area (Å²) in [5, 5.41) is 1.84. The van der Waals surface area contributed by atoms with Crippen LogP contribution in [0.3, 0.4) is 0 Å². The van der Waals surface area contributed by atoms with Crippen molar-refractivity contribution in [2.45, 2.75) is 25.0 Å². The number of hydrogen-bond acceptors (Lipinski definition) is 6. The minimum atomic E-state index is -3.07. The monoisotopic (exact) mass is 431 g/mol. The number of ether oxygens (including phenoxy) is 1. The Morgan fingerprint density at radius 3 is 2.59 bits per heavy atom. The van der Waals surface area contributed by atoms with Gasteiger partial charge in [0.25, 0.3) is 5.91 Å². The van der Waals surface area contributed by atoms with Crippen molar-refractivity contribution in [3.63, 3.8) is 0 Å². The summed E-state index contributed by atoms with van der Waals surface area (Å²) in [5.41, 5.74) is 5.20. The molecule has 0 saturated heterocycles. The number of hydrogen-bond donors (Lipinski definition) is 2. The number of amides is 1. The molecule has 0 aliphatic heterocycles. The first kappa shape index (κ1) is 22.4. The van der Waals surface area contributed by atoms with E-state index in [1.165, 1.54) is 20.0 Å². The lowest BCUT2D eigenvalue weighted by Gasteiger charge is -2.17. The van der Waals surface area contributed by atoms with Gasteiger partial charge in [0.1, 0.15) is 17.7 Å². The Morgan fingerprint density at radius 2 is 2.00 bits per heavy atom. The highest BCUT2D eigenvalue weighted by atomic mass is 32.2. The summed E-state index contributed by atoms with van der Waals surface area (Å²) < 4.78 is 57.0. The smallest absolute Gasteiger partial charge is 0.388 e. The third-order valence-electron chi connectivity index (χ3n) is 3.56. The van der Waals surface area contributed by atoms with Crippen molar-refractivity contribution in [1.82, 2.24) is 9.97 Å². The zero-order valence-corrected chi connectivity index (χ0v) is 16.1. The molecular formula is C17H17F4N5O2S. The van der Waals surface area contributed by atoms with Crippen molar-refractivity contribution in [2.24, 2.45) is 10.7 Å². The number of alkyl halides is 3. The van der Waals surface area contributed by atoms with E-state index < -0.39 is 35.6 Å². The molecule has 2 aromatic rings. The molecule has 1 heterocycles. The second-order valence-corrected chi connectivity index (χ2v) is 6.99. The number of anilines is 1. The summed E-state index contributed by atoms with van der Waals surface area (Å²) in [6, 6.07) is 3.40. The molecule has 1 amide bonds. The van der Waals surface area contributed by atoms with Crippen molar-refractivity contribution in [3.05, 3.63) is 47.7 Å². The highest BCUT2D eigenvalue weighted by molar-refractivity contribution is 8.14. The van der Waals surface area contributed by atoms with Crippen LogP contribution in [0.2, 0.25) is 0 Å². The zero-order chi connectivity index (χ0) is 21.6. The predicted octanol–water partition coefficient (Wildman–Crippen LogP) is 3.55. The molecule has 0 bridgehead atoms. The van der Waals surface area contributed by atoms with Gasteiger partial charge >= 0.3 is 6.61 Å². The minimum Gasteiger partial charge on any atom is -0.415 e. The van der Waals surface area contributed by atoms with Crippen LogP contribution in [0.4, 0.5) is 23.2 Å². The van der Waals surface area contributed by atoms with Crippen LogP contribution in [0.5, 0.6) is 5.88 Å². The molecule has 12 heteroatoms. The maximum atomic E-state index is 14.7. The van der Waals surface area contributed by atoms with Gasteiger partial charge in [0.15, 0.2) is 5.17 Å². The average Bonchev–Trinajstić information content (AvgIpc) is 2.68. The fourth-order valence-corrected chi connectivity index (χ4v) is 2.92. The van der Waals surface area contributed by atoms with Gasteiger partial charge in [-0.2, -0.15) is 8.78 Å². The Hall–Kier alpha value is -2.89. The lowest BCUT2D eigenvalue weighted by atomic mass is 10.1. The fourth-order valence-electron chi connectivity index (χ4n) is 2.17. The highest BCUT2D eigenvalue weighted by Crippen LogP contribution is 2.33. The Bertz CT molecular complexity index is 883. The molecule has 7 nitrogen and oxygen atoms in total. The van der Waals surface area contributed by atoms with E-state index in [1.807, 2.05) is 0 Å². The standard InChI is InChI=1S/C17H17F4N5O2S/c1-8(29-17(22)23-2)14(19)10-5-9(3-4-11(10)18)26-15(27)12-6-25-13(7-24-12)28-16(20)21/h3-8,14,16H,1-2H3,(H2,22,23)(H,26,27)/t8-,14+/m1/s1. The van der Waals surface area contributed by atoms with Crippen LogP contribution in [0.15, 0.2) is 35.6 Å². The van der Waals surface area contributed by atoms with Crippen molar-refractivity contribution in [3.8, 4) is 5.88 Å². The van der Waals surface area contributed by atoms with Crippen LogP contribution < -0.4 is 15.8 Å². The molecule has 1 aromatic heterocycles. The van der Waals surface area contributed by atoms with Gasteiger partial charge in [-0.3, -0.25) is 9.79 Å². The van der Waals surface area contributed by atoms with E-state index in [0.29, 0.717) is 0 Å². The number of carbonyl (C=O) groups excluding carboxylic acids is 1. The van der Waals surface area contributed by atoms with E-state index in [-0.39, 0.29) is 22.1 Å². The average molecular weight is 431 g/mol. The summed E-state index contributed by atoms with van der Waals surface area (Å²) in [6.07, 6.45) is 0.0664. The normalized spacial score (nSPS) is 13.8. The topological polar surface area (TPSA) is 102 Å². The van der Waals surface area contributed by atoms with Gasteiger partial charge in [-0.15, -0.1) is 0 Å². The molecule has 2 rings (SSSR count). The summed E-state index contributed by atoms with van der Waals surface area (Å²) in [7, 11) is 1.45. The van der Waals surface area contributed by atoms with Crippen LogP contribution in [-0.2, 0) is 0 Å². The van der Waals surface area contributed by atoms with Crippen molar-refractivity contribution < 1.29 is 27.1 Å². The van der Waals surface area contributed by atoms with E-state index >= 15 is 0 Å². The highest BCUT2D eigenvalue weighted by Gasteiger charge is 2.24. The molecule has 0 aliphatic carbocycles. The molecule has 156 valence electrons. The molecule has 2 atom stereocenters. The first-order chi connectivity index (χ1) is 13.7. The fraction of sp³-hybridized carbons (Fsp3) is 0.294. The SMILES string of the molecule is C/N=C(/N)S[C@H](C)[C@H](F)c1cc(NC(=O)c2cnc(OC(F)F)cn2)ccc1F. The van der Waals surface area contributed by atoms with Crippen molar-refractivity contribution >= 4 is 28.5 Å². The molecular weight excluding hydrogens is 414 g/mol. The maximum absolute atomic E-state index is 14.7. The summed E-state index contributed by atoms with van der Waals surface area (Å²) in [4.78, 5) is 23.1. The van der Waals surface area contributed by atoms with E-state index in [9.17, 15) is 22.4 Å². The molecule has 0 aliphatic rings. The summed E-state index contributed by atoms with van der Waals surface area (Å²) >= 11 is 0.949. The van der Waals surface area contributed by atoms with E-state index in [4.69, 9.17) is 5.73 Å². The predicted molar refractivity (Wildman–Crippen MR) is 101 cm³/mol. The van der Waals surface area contributed by atoms with Crippen LogP contribution in [0.25, 0.3) is 0 Å². The van der Waals surface area contributed by atoms with Crippen LogP contribution in [0.1, 0.15) is 29.1 Å². The lowest BCUT2D eigenvalue weighted by Crippen LogP contribution is -2.17. The molecule has 0 spiro atoms. The largest absolute Gasteiger partial charge is 0.415 e. The Balaban J connectivity index is 2.13. The molecule has 1 aromatic carbocycles. The summed E-state index contributed by atoms with van der Waals surface area (Å²) in [6.45, 7) is -1.55. The number of amidine groups is 1. The van der Waals surface area contributed by atoms with Gasteiger partial charge < -0.3 is 15.8 Å². The van der Waals surface area contributed by atoms with Crippen molar-refractivity contribution in [2.75, 3.05) is 12.4 Å². The van der Waals surface area contributed by atoms with Crippen LogP contribution in [0, 0.1) is 5.82 Å². The number of nitrogens with one attached hydrogen (secondary N) is 1. The molecule has 0 fully saturated rings. The second-order valence-electron chi connectivity index (χ2n) is 5.60. The number of nitrogens with two attached hydrogens (primary N) is 1. The van der Waals surface area contributed by atoms with Crippen molar-refractivity contribution in [1.29, 1.82) is 0 Å². The van der Waals surface area contributed by atoms with Gasteiger partial charge in [-0.25, -0.2) is 18.7 Å². The number of halogens is 4. The van der Waals surface area contributed by atoms with E-state index in [1.54, 1.807) is 0 Å². The zero-order valence-electron chi connectivity index (χ0n) is 15.3. The number of benzene rings is 1. The number of aliphatic imine (C=N–C) groups is 1. The first-order valence-electron chi connectivity index (χ1n) is 8.12. The van der Waals surface area contributed by atoms with E-state index in [2.05, 4.69) is 25.0 Å². The lowest BCUT2D eigenvalue weighted by molar-refractivity contribution is -0.0531. The second kappa shape index (κ2) is 10.0.